The van der Waals surface area contributed by atoms with Crippen LogP contribution in [-0.4, -0.2) is 5.11 Å². The van der Waals surface area contributed by atoms with Crippen LogP contribution in [0.4, 0.5) is 0 Å². The maximum atomic E-state index is 9.13. The maximum absolute atomic E-state index is 9.13. The van der Waals surface area contributed by atoms with Gasteiger partial charge in [-0.2, -0.15) is 0 Å². The van der Waals surface area contributed by atoms with E-state index in [1.165, 1.54) is 15.7 Å². The van der Waals surface area contributed by atoms with Crippen LogP contribution in [0.25, 0.3) is 10.8 Å². The average molecular weight is 345 g/mol. The van der Waals surface area contributed by atoms with Crippen LogP contribution in [0.1, 0.15) is 5.56 Å². The van der Waals surface area contributed by atoms with E-state index < -0.39 is 0 Å². The molecule has 0 amide bonds. The molecule has 0 saturated carbocycles. The van der Waals surface area contributed by atoms with E-state index in [-0.39, 0.29) is 6.61 Å². The molecule has 20 heavy (non-hydrogen) atoms. The quantitative estimate of drug-likeness (QED) is 0.700. The lowest BCUT2D eigenvalue weighted by atomic mass is 10.1. The summed E-state index contributed by atoms with van der Waals surface area (Å²) in [6.45, 7) is 0.0690. The van der Waals surface area contributed by atoms with Crippen molar-refractivity contribution in [2.75, 3.05) is 0 Å². The number of hydrogen-bond donors (Lipinski definition) is 1. The van der Waals surface area contributed by atoms with E-state index >= 15 is 0 Å². The number of hydrogen-bond acceptors (Lipinski definition) is 2. The summed E-state index contributed by atoms with van der Waals surface area (Å²) in [5.74, 6) is 0. The number of fused-ring (bicyclic) bond motifs is 1. The third kappa shape index (κ3) is 2.90. The molecule has 0 atom stereocenters. The van der Waals surface area contributed by atoms with E-state index in [0.29, 0.717) is 0 Å². The fourth-order valence-corrected chi connectivity index (χ4v) is 3.62. The zero-order chi connectivity index (χ0) is 13.9. The molecule has 0 saturated heterocycles. The van der Waals surface area contributed by atoms with Crippen molar-refractivity contribution in [2.24, 2.45) is 0 Å². The van der Waals surface area contributed by atoms with E-state index in [4.69, 9.17) is 5.11 Å². The van der Waals surface area contributed by atoms with Gasteiger partial charge in [0.05, 0.1) is 6.61 Å². The van der Waals surface area contributed by atoms with Gasteiger partial charge in [0, 0.05) is 14.3 Å². The van der Waals surface area contributed by atoms with Crippen molar-refractivity contribution in [2.45, 2.75) is 16.4 Å². The van der Waals surface area contributed by atoms with Crippen molar-refractivity contribution < 1.29 is 5.11 Å². The molecule has 0 bridgehead atoms. The Kier molecular flexibility index (Phi) is 4.10. The Morgan fingerprint density at radius 2 is 1.70 bits per heavy atom. The largest absolute Gasteiger partial charge is 0.392 e. The first-order valence-electron chi connectivity index (χ1n) is 6.32. The van der Waals surface area contributed by atoms with Crippen molar-refractivity contribution in [1.82, 2.24) is 0 Å². The molecule has 0 aromatic heterocycles. The van der Waals surface area contributed by atoms with Gasteiger partial charge in [0.25, 0.3) is 0 Å². The summed E-state index contributed by atoms with van der Waals surface area (Å²) in [6, 6.07) is 20.8. The van der Waals surface area contributed by atoms with Gasteiger partial charge < -0.3 is 5.11 Å². The van der Waals surface area contributed by atoms with Gasteiger partial charge in [0.1, 0.15) is 0 Å². The highest BCUT2D eigenvalue weighted by atomic mass is 79.9. The predicted octanol–water partition coefficient (Wildman–Crippen LogP) is 5.25. The van der Waals surface area contributed by atoms with Gasteiger partial charge in [-0.05, 0) is 56.5 Å². The van der Waals surface area contributed by atoms with Crippen LogP contribution in [0.5, 0.6) is 0 Å². The monoisotopic (exact) mass is 344 g/mol. The molecule has 0 unspecified atom stereocenters. The van der Waals surface area contributed by atoms with Crippen molar-refractivity contribution in [3.8, 4) is 0 Å². The first-order valence-corrected chi connectivity index (χ1v) is 7.93. The topological polar surface area (TPSA) is 20.2 Å². The average Bonchev–Trinajstić information content (AvgIpc) is 2.49. The summed E-state index contributed by atoms with van der Waals surface area (Å²) in [5.41, 5.74) is 0.916. The predicted molar refractivity (Wildman–Crippen MR) is 88.1 cm³/mol. The first kappa shape index (κ1) is 13.7. The van der Waals surface area contributed by atoms with Crippen LogP contribution in [-0.2, 0) is 6.61 Å². The number of aliphatic hydroxyl groups is 1. The zero-order valence-corrected chi connectivity index (χ0v) is 13.1. The molecule has 3 rings (SSSR count). The SMILES string of the molecule is OCc1ccc(Sc2ccc3ccccc3c2)c(Br)c1. The molecule has 0 fully saturated rings. The molecule has 0 aliphatic heterocycles. The highest BCUT2D eigenvalue weighted by Gasteiger charge is 2.04. The van der Waals surface area contributed by atoms with E-state index in [1.807, 2.05) is 18.2 Å². The first-order chi connectivity index (χ1) is 9.76. The second-order valence-corrected chi connectivity index (χ2v) is 6.50. The fourth-order valence-electron chi connectivity index (χ4n) is 2.08. The minimum atomic E-state index is 0.0690. The Morgan fingerprint density at radius 1 is 0.900 bits per heavy atom. The van der Waals surface area contributed by atoms with Crippen LogP contribution in [0.3, 0.4) is 0 Å². The maximum Gasteiger partial charge on any atom is 0.0682 e. The fraction of sp³-hybridized carbons (Fsp3) is 0.0588. The summed E-state index contributed by atoms with van der Waals surface area (Å²) in [6.07, 6.45) is 0. The molecule has 3 aromatic carbocycles. The third-order valence-corrected chi connectivity index (χ3v) is 5.11. The Balaban J connectivity index is 1.92. The third-order valence-electron chi connectivity index (χ3n) is 3.13. The van der Waals surface area contributed by atoms with Crippen LogP contribution in [0.2, 0.25) is 0 Å². The Morgan fingerprint density at radius 3 is 2.45 bits per heavy atom. The van der Waals surface area contributed by atoms with E-state index in [0.717, 1.165) is 14.9 Å². The molecular weight excluding hydrogens is 332 g/mol. The van der Waals surface area contributed by atoms with Gasteiger partial charge in [-0.25, -0.2) is 0 Å². The van der Waals surface area contributed by atoms with E-state index in [9.17, 15) is 0 Å². The highest BCUT2D eigenvalue weighted by Crippen LogP contribution is 2.35. The van der Waals surface area contributed by atoms with E-state index in [2.05, 4.69) is 58.4 Å². The number of aliphatic hydroxyl groups excluding tert-OH is 1. The molecular formula is C17H13BrOS. The van der Waals surface area contributed by atoms with Crippen LogP contribution in [0.15, 0.2) is 74.9 Å². The summed E-state index contributed by atoms with van der Waals surface area (Å²) in [5, 5.41) is 11.6. The second kappa shape index (κ2) is 6.00. The molecule has 1 N–H and O–H groups in total. The van der Waals surface area contributed by atoms with Gasteiger partial charge in [-0.15, -0.1) is 0 Å². The Labute approximate surface area is 130 Å². The van der Waals surface area contributed by atoms with E-state index in [1.54, 1.807) is 11.8 Å². The normalized spacial score (nSPS) is 10.9. The van der Waals surface area contributed by atoms with Crippen molar-refractivity contribution >= 4 is 38.5 Å². The molecule has 100 valence electrons. The summed E-state index contributed by atoms with van der Waals surface area (Å²) >= 11 is 5.28. The van der Waals surface area contributed by atoms with Gasteiger partial charge in [-0.3, -0.25) is 0 Å². The zero-order valence-electron chi connectivity index (χ0n) is 10.7. The number of rotatable bonds is 3. The van der Waals surface area contributed by atoms with Crippen molar-refractivity contribution in [3.05, 3.63) is 70.7 Å². The minimum Gasteiger partial charge on any atom is -0.392 e. The molecule has 3 heteroatoms. The lowest BCUT2D eigenvalue weighted by Crippen LogP contribution is -1.84. The van der Waals surface area contributed by atoms with Crippen molar-refractivity contribution in [1.29, 1.82) is 0 Å². The minimum absolute atomic E-state index is 0.0690. The summed E-state index contributed by atoms with van der Waals surface area (Å²) < 4.78 is 1.02. The molecule has 0 heterocycles. The summed E-state index contributed by atoms with van der Waals surface area (Å²) in [7, 11) is 0. The molecule has 0 aliphatic carbocycles. The Hall–Kier alpha value is -1.29. The van der Waals surface area contributed by atoms with Crippen LogP contribution < -0.4 is 0 Å². The number of benzene rings is 3. The van der Waals surface area contributed by atoms with Crippen LogP contribution in [0, 0.1) is 0 Å². The van der Waals surface area contributed by atoms with Gasteiger partial charge >= 0.3 is 0 Å². The van der Waals surface area contributed by atoms with Gasteiger partial charge in [0.15, 0.2) is 0 Å². The standard InChI is InChI=1S/C17H13BrOS/c18-16-9-12(11-19)5-8-17(16)20-15-7-6-13-3-1-2-4-14(13)10-15/h1-10,19H,11H2. The molecule has 3 aromatic rings. The van der Waals surface area contributed by atoms with Crippen LogP contribution >= 0.6 is 27.7 Å². The van der Waals surface area contributed by atoms with Gasteiger partial charge in [0.2, 0.25) is 0 Å². The van der Waals surface area contributed by atoms with Crippen molar-refractivity contribution in [3.63, 3.8) is 0 Å². The highest BCUT2D eigenvalue weighted by molar-refractivity contribution is 9.10. The summed E-state index contributed by atoms with van der Waals surface area (Å²) in [4.78, 5) is 2.36. The molecule has 1 nitrogen and oxygen atoms in total. The number of halogens is 1. The molecule has 0 spiro atoms. The second-order valence-electron chi connectivity index (χ2n) is 4.53. The molecule has 0 aliphatic rings. The molecule has 0 radical (unpaired) electrons. The lowest BCUT2D eigenvalue weighted by molar-refractivity contribution is 0.281. The van der Waals surface area contributed by atoms with Gasteiger partial charge in [-0.1, -0.05) is 48.2 Å². The lowest BCUT2D eigenvalue weighted by Gasteiger charge is -2.07. The Bertz CT molecular complexity index is 755. The smallest absolute Gasteiger partial charge is 0.0682 e.